The zero-order valence-corrected chi connectivity index (χ0v) is 13.8. The Morgan fingerprint density at radius 2 is 1.95 bits per heavy atom. The van der Waals surface area contributed by atoms with Gasteiger partial charge in [-0.2, -0.15) is 11.8 Å². The minimum atomic E-state index is 0. The highest BCUT2D eigenvalue weighted by atomic mass is 35.5. The second-order valence-corrected chi connectivity index (χ2v) is 5.39. The van der Waals surface area contributed by atoms with E-state index in [4.69, 9.17) is 15.6 Å². The van der Waals surface area contributed by atoms with E-state index in [0.717, 1.165) is 36.0 Å². The minimum absolute atomic E-state index is 0. The van der Waals surface area contributed by atoms with Crippen molar-refractivity contribution >= 4 is 42.4 Å². The molecule has 0 aliphatic carbocycles. The first-order chi connectivity index (χ1) is 8.08. The van der Waals surface area contributed by atoms with Crippen molar-refractivity contribution in [3.8, 4) is 0 Å². The Morgan fingerprint density at radius 1 is 1.32 bits per heavy atom. The minimum Gasteiger partial charge on any atom is -0.464 e. The van der Waals surface area contributed by atoms with Crippen LogP contribution < -0.4 is 5.73 Å². The molecule has 4 nitrogen and oxygen atoms in total. The van der Waals surface area contributed by atoms with Gasteiger partial charge < -0.3 is 15.1 Å². The second kappa shape index (κ2) is 11.5. The molecular weight excluding hydrogens is 305 g/mol. The summed E-state index contributed by atoms with van der Waals surface area (Å²) in [4.78, 5) is 2.09. The fraction of sp³-hybridized carbons (Fsp3) is 0.583. The number of halogens is 2. The van der Waals surface area contributed by atoms with E-state index in [0.29, 0.717) is 6.42 Å². The Balaban J connectivity index is 0. The predicted octanol–water partition coefficient (Wildman–Crippen LogP) is 3.13. The van der Waals surface area contributed by atoms with E-state index >= 15 is 0 Å². The topological polar surface area (TPSA) is 66.2 Å². The van der Waals surface area contributed by atoms with Gasteiger partial charge >= 0.3 is 0 Å². The van der Waals surface area contributed by atoms with Crippen LogP contribution in [0.25, 0.3) is 0 Å². The standard InChI is InChI=1S/C12H21N3OS.2ClH/c1-15(2)8-10-5-6-11(16-10)9-17-7-3-4-12(13)14;;/h5-6H,3-4,7-9H2,1-2H3,(H3,13,14);2*1H. The molecule has 0 aromatic carbocycles. The average Bonchev–Trinajstić information content (AvgIpc) is 2.63. The Morgan fingerprint density at radius 3 is 2.53 bits per heavy atom. The third kappa shape index (κ3) is 10.1. The first-order valence-electron chi connectivity index (χ1n) is 5.71. The maximum absolute atomic E-state index is 7.11. The fourth-order valence-electron chi connectivity index (χ4n) is 1.43. The van der Waals surface area contributed by atoms with Crippen molar-refractivity contribution < 1.29 is 4.42 Å². The van der Waals surface area contributed by atoms with Gasteiger partial charge in [-0.05, 0) is 38.4 Å². The van der Waals surface area contributed by atoms with Crippen molar-refractivity contribution in [2.75, 3.05) is 19.8 Å². The van der Waals surface area contributed by atoms with Gasteiger partial charge in [0.2, 0.25) is 0 Å². The van der Waals surface area contributed by atoms with Gasteiger partial charge in [0.15, 0.2) is 0 Å². The number of thioether (sulfide) groups is 1. The van der Waals surface area contributed by atoms with Crippen molar-refractivity contribution in [1.82, 2.24) is 4.90 Å². The van der Waals surface area contributed by atoms with Gasteiger partial charge in [0, 0.05) is 6.42 Å². The molecule has 0 aliphatic rings. The number of nitrogens with two attached hydrogens (primary N) is 1. The van der Waals surface area contributed by atoms with Crippen molar-refractivity contribution in [2.24, 2.45) is 5.73 Å². The molecule has 1 aromatic rings. The highest BCUT2D eigenvalue weighted by molar-refractivity contribution is 7.98. The van der Waals surface area contributed by atoms with Gasteiger partial charge in [0.05, 0.1) is 18.1 Å². The molecule has 1 rings (SSSR count). The summed E-state index contributed by atoms with van der Waals surface area (Å²) in [5, 5.41) is 7.11. The average molecular weight is 328 g/mol. The first kappa shape index (κ1) is 20.9. The van der Waals surface area contributed by atoms with E-state index < -0.39 is 0 Å². The van der Waals surface area contributed by atoms with Crippen LogP contribution in [0.2, 0.25) is 0 Å². The van der Waals surface area contributed by atoms with Gasteiger partial charge in [0.25, 0.3) is 0 Å². The third-order valence-electron chi connectivity index (χ3n) is 2.17. The maximum atomic E-state index is 7.11. The molecule has 7 heteroatoms. The molecule has 0 amide bonds. The summed E-state index contributed by atoms with van der Waals surface area (Å²) in [7, 11) is 4.05. The quantitative estimate of drug-likeness (QED) is 0.437. The lowest BCUT2D eigenvalue weighted by molar-refractivity contribution is 0.344. The van der Waals surface area contributed by atoms with E-state index in [1.807, 2.05) is 38.0 Å². The van der Waals surface area contributed by atoms with Gasteiger partial charge in [-0.15, -0.1) is 24.8 Å². The second-order valence-electron chi connectivity index (χ2n) is 4.29. The smallest absolute Gasteiger partial charge is 0.118 e. The number of nitrogens with one attached hydrogen (secondary N) is 1. The first-order valence-corrected chi connectivity index (χ1v) is 6.86. The molecule has 0 radical (unpaired) electrons. The highest BCUT2D eigenvalue weighted by Gasteiger charge is 2.03. The number of hydrogen-bond acceptors (Lipinski definition) is 4. The summed E-state index contributed by atoms with van der Waals surface area (Å²) >= 11 is 1.82. The van der Waals surface area contributed by atoms with Crippen LogP contribution in [0.3, 0.4) is 0 Å². The van der Waals surface area contributed by atoms with Crippen LogP contribution >= 0.6 is 36.6 Å². The van der Waals surface area contributed by atoms with Crippen molar-refractivity contribution in [2.45, 2.75) is 25.1 Å². The molecule has 0 unspecified atom stereocenters. The number of hydrogen-bond donors (Lipinski definition) is 2. The SMILES string of the molecule is CN(C)Cc1ccc(CSCCCC(=N)N)o1.Cl.Cl. The van der Waals surface area contributed by atoms with E-state index in [2.05, 4.69) is 4.90 Å². The molecule has 0 aliphatic heterocycles. The van der Waals surface area contributed by atoms with E-state index in [1.165, 1.54) is 0 Å². The van der Waals surface area contributed by atoms with Crippen LogP contribution in [0.5, 0.6) is 0 Å². The lowest BCUT2D eigenvalue weighted by Gasteiger charge is -2.05. The zero-order valence-electron chi connectivity index (χ0n) is 11.3. The van der Waals surface area contributed by atoms with Gasteiger partial charge in [-0.3, -0.25) is 5.41 Å². The van der Waals surface area contributed by atoms with E-state index in [1.54, 1.807) is 0 Å². The van der Waals surface area contributed by atoms with Gasteiger partial charge in [0.1, 0.15) is 11.5 Å². The molecule has 1 heterocycles. The number of amidine groups is 1. The van der Waals surface area contributed by atoms with E-state index in [9.17, 15) is 0 Å². The summed E-state index contributed by atoms with van der Waals surface area (Å²) in [6, 6.07) is 4.07. The molecule has 0 bridgehead atoms. The monoisotopic (exact) mass is 327 g/mol. The van der Waals surface area contributed by atoms with Crippen LogP contribution in [-0.4, -0.2) is 30.6 Å². The molecule has 0 atom stereocenters. The Kier molecular flexibility index (Phi) is 12.6. The van der Waals surface area contributed by atoms with E-state index in [-0.39, 0.29) is 30.6 Å². The number of nitrogens with zero attached hydrogens (tertiary/aromatic N) is 1. The van der Waals surface area contributed by atoms with Crippen LogP contribution in [0, 0.1) is 5.41 Å². The third-order valence-corrected chi connectivity index (χ3v) is 3.23. The van der Waals surface area contributed by atoms with Gasteiger partial charge in [-0.25, -0.2) is 0 Å². The summed E-state index contributed by atoms with van der Waals surface area (Å²) < 4.78 is 5.69. The summed E-state index contributed by atoms with van der Waals surface area (Å²) in [5.41, 5.74) is 5.29. The Labute approximate surface area is 131 Å². The lowest BCUT2D eigenvalue weighted by atomic mass is 10.3. The van der Waals surface area contributed by atoms with Gasteiger partial charge in [-0.1, -0.05) is 0 Å². The summed E-state index contributed by atoms with van der Waals surface area (Å²) in [5.74, 6) is 4.22. The predicted molar refractivity (Wildman–Crippen MR) is 87.9 cm³/mol. The number of furan rings is 1. The molecule has 1 aromatic heterocycles. The summed E-state index contributed by atoms with van der Waals surface area (Å²) in [6.07, 6.45) is 1.66. The molecule has 0 saturated heterocycles. The molecular formula is C12H23Cl2N3OS. The molecule has 19 heavy (non-hydrogen) atoms. The molecule has 3 N–H and O–H groups in total. The fourth-order valence-corrected chi connectivity index (χ4v) is 2.28. The largest absolute Gasteiger partial charge is 0.464 e. The molecule has 0 fully saturated rings. The zero-order chi connectivity index (χ0) is 12.7. The van der Waals surface area contributed by atoms with Crippen LogP contribution in [0.15, 0.2) is 16.5 Å². The molecule has 112 valence electrons. The van der Waals surface area contributed by atoms with Crippen molar-refractivity contribution in [3.63, 3.8) is 0 Å². The van der Waals surface area contributed by atoms with Crippen LogP contribution in [-0.2, 0) is 12.3 Å². The molecule has 0 saturated carbocycles. The number of rotatable bonds is 8. The Bertz CT molecular complexity index is 358. The maximum Gasteiger partial charge on any atom is 0.118 e. The van der Waals surface area contributed by atoms with Crippen molar-refractivity contribution in [1.29, 1.82) is 5.41 Å². The van der Waals surface area contributed by atoms with Crippen LogP contribution in [0.4, 0.5) is 0 Å². The molecule has 0 spiro atoms. The van der Waals surface area contributed by atoms with Crippen molar-refractivity contribution in [3.05, 3.63) is 23.7 Å². The van der Waals surface area contributed by atoms with Crippen LogP contribution in [0.1, 0.15) is 24.4 Å². The normalized spacial score (nSPS) is 9.84. The summed E-state index contributed by atoms with van der Waals surface area (Å²) in [6.45, 7) is 0.842. The highest BCUT2D eigenvalue weighted by Crippen LogP contribution is 2.17. The Hall–Kier alpha value is -0.360. The lowest BCUT2D eigenvalue weighted by Crippen LogP contribution is -2.09.